The van der Waals surface area contributed by atoms with Crippen molar-refractivity contribution in [3.63, 3.8) is 0 Å². The number of nitrogens with one attached hydrogen (secondary N) is 1. The Kier molecular flexibility index (Phi) is 3.81. The molecule has 1 aliphatic heterocycles. The fourth-order valence-corrected chi connectivity index (χ4v) is 3.55. The third-order valence-corrected chi connectivity index (χ3v) is 4.81. The van der Waals surface area contributed by atoms with Gasteiger partial charge >= 0.3 is 0 Å². The molecule has 0 radical (unpaired) electrons. The molecule has 3 heterocycles. The first-order valence-electron chi connectivity index (χ1n) is 7.02. The van der Waals surface area contributed by atoms with Crippen LogP contribution in [-0.4, -0.2) is 39.9 Å². The van der Waals surface area contributed by atoms with E-state index in [1.165, 1.54) is 10.6 Å². The smallest absolute Gasteiger partial charge is 0.194 e. The molecule has 0 aromatic carbocycles. The number of fused-ring (bicyclic) bond motifs is 1. The average Bonchev–Trinajstić information content (AvgIpc) is 2.87. The minimum absolute atomic E-state index is 0.603. The van der Waals surface area contributed by atoms with Crippen molar-refractivity contribution in [1.29, 1.82) is 0 Å². The lowest BCUT2D eigenvalue weighted by molar-refractivity contribution is -0.0617. The van der Waals surface area contributed by atoms with E-state index >= 15 is 0 Å². The number of rotatable bonds is 4. The number of nitrogens with zero attached hydrogens (tertiary/aromatic N) is 2. The molecule has 1 aliphatic rings. The first-order valence-corrected chi connectivity index (χ1v) is 7.84. The van der Waals surface area contributed by atoms with Crippen molar-refractivity contribution in [3.05, 3.63) is 22.5 Å². The third kappa shape index (κ3) is 2.74. The van der Waals surface area contributed by atoms with Crippen LogP contribution in [0, 0.1) is 13.8 Å². The zero-order chi connectivity index (χ0) is 14.2. The molecule has 2 aromatic heterocycles. The van der Waals surface area contributed by atoms with Crippen LogP contribution in [0.3, 0.4) is 0 Å². The largest absolute Gasteiger partial charge is 0.388 e. The molecule has 1 fully saturated rings. The second-order valence-corrected chi connectivity index (χ2v) is 6.79. The summed E-state index contributed by atoms with van der Waals surface area (Å²) in [6, 6.07) is 0. The van der Waals surface area contributed by atoms with Crippen molar-refractivity contribution in [2.75, 3.05) is 19.8 Å². The molecule has 0 atom stereocenters. The Morgan fingerprint density at radius 2 is 2.20 bits per heavy atom. The van der Waals surface area contributed by atoms with Crippen LogP contribution < -0.4 is 5.32 Å². The summed E-state index contributed by atoms with van der Waals surface area (Å²) in [7, 11) is 0. The van der Waals surface area contributed by atoms with Crippen LogP contribution in [0.15, 0.2) is 6.20 Å². The summed E-state index contributed by atoms with van der Waals surface area (Å²) >= 11 is 1.71. The van der Waals surface area contributed by atoms with Gasteiger partial charge in [-0.1, -0.05) is 0 Å². The summed E-state index contributed by atoms with van der Waals surface area (Å²) < 4.78 is 7.45. The fourth-order valence-electron chi connectivity index (χ4n) is 2.66. The molecule has 1 saturated heterocycles. The number of hydrogen-bond donors (Lipinski definition) is 2. The number of thiazole rings is 1. The molecule has 2 aromatic rings. The monoisotopic (exact) mass is 295 g/mol. The van der Waals surface area contributed by atoms with Crippen LogP contribution >= 0.6 is 11.3 Å². The number of imidazole rings is 1. The van der Waals surface area contributed by atoms with E-state index in [1.807, 2.05) is 6.92 Å². The van der Waals surface area contributed by atoms with E-state index < -0.39 is 5.60 Å². The van der Waals surface area contributed by atoms with E-state index in [0.29, 0.717) is 32.6 Å². The van der Waals surface area contributed by atoms with Crippen LogP contribution in [0.2, 0.25) is 0 Å². The van der Waals surface area contributed by atoms with Gasteiger partial charge in [0.1, 0.15) is 0 Å². The van der Waals surface area contributed by atoms with Gasteiger partial charge in [0.2, 0.25) is 0 Å². The maximum absolute atomic E-state index is 10.4. The number of aromatic nitrogens is 2. The Hall–Kier alpha value is -0.950. The van der Waals surface area contributed by atoms with Gasteiger partial charge in [-0.3, -0.25) is 4.40 Å². The number of hydrogen-bond acceptors (Lipinski definition) is 5. The highest BCUT2D eigenvalue weighted by atomic mass is 32.1. The van der Waals surface area contributed by atoms with Gasteiger partial charge in [-0.25, -0.2) is 4.98 Å². The topological polar surface area (TPSA) is 58.8 Å². The maximum atomic E-state index is 10.4. The zero-order valence-corrected chi connectivity index (χ0v) is 12.8. The normalized spacial score (nSPS) is 18.8. The van der Waals surface area contributed by atoms with Crippen molar-refractivity contribution in [1.82, 2.24) is 14.7 Å². The molecule has 0 saturated carbocycles. The lowest BCUT2D eigenvalue weighted by Gasteiger charge is -2.32. The lowest BCUT2D eigenvalue weighted by atomic mass is 9.94. The van der Waals surface area contributed by atoms with Crippen molar-refractivity contribution in [2.24, 2.45) is 0 Å². The van der Waals surface area contributed by atoms with E-state index in [4.69, 9.17) is 4.74 Å². The quantitative estimate of drug-likeness (QED) is 0.900. The fraction of sp³-hybridized carbons (Fsp3) is 0.643. The Morgan fingerprint density at radius 1 is 1.45 bits per heavy atom. The summed E-state index contributed by atoms with van der Waals surface area (Å²) in [5, 5.41) is 13.8. The van der Waals surface area contributed by atoms with Crippen LogP contribution in [0.4, 0.5) is 0 Å². The molecule has 6 heteroatoms. The predicted molar refractivity (Wildman–Crippen MR) is 79.3 cm³/mol. The molecule has 0 spiro atoms. The first-order chi connectivity index (χ1) is 9.57. The van der Waals surface area contributed by atoms with Gasteiger partial charge in [0.15, 0.2) is 4.96 Å². The molecule has 3 rings (SSSR count). The highest BCUT2D eigenvalue weighted by Gasteiger charge is 2.29. The van der Waals surface area contributed by atoms with Crippen LogP contribution in [0.1, 0.15) is 29.1 Å². The summed E-state index contributed by atoms with van der Waals surface area (Å²) in [5.74, 6) is 0. The van der Waals surface area contributed by atoms with Crippen molar-refractivity contribution >= 4 is 16.3 Å². The summed E-state index contributed by atoms with van der Waals surface area (Å²) in [5.41, 5.74) is 1.61. The van der Waals surface area contributed by atoms with Gasteiger partial charge in [-0.05, 0) is 13.8 Å². The van der Waals surface area contributed by atoms with Gasteiger partial charge in [0.05, 0.1) is 17.0 Å². The predicted octanol–water partition coefficient (Wildman–Crippen LogP) is 1.64. The average molecular weight is 295 g/mol. The van der Waals surface area contributed by atoms with Gasteiger partial charge in [-0.15, -0.1) is 11.3 Å². The summed E-state index contributed by atoms with van der Waals surface area (Å²) in [6.45, 7) is 6.76. The van der Waals surface area contributed by atoms with Crippen LogP contribution in [-0.2, 0) is 11.3 Å². The Labute approximate surface area is 122 Å². The number of aliphatic hydroxyl groups is 1. The Bertz CT molecular complexity index is 599. The number of ether oxygens (including phenoxy) is 1. The lowest BCUT2D eigenvalue weighted by Crippen LogP contribution is -2.44. The summed E-state index contributed by atoms with van der Waals surface area (Å²) in [6.07, 6.45) is 3.54. The van der Waals surface area contributed by atoms with Crippen molar-refractivity contribution in [2.45, 2.75) is 38.8 Å². The highest BCUT2D eigenvalue weighted by Crippen LogP contribution is 2.22. The minimum Gasteiger partial charge on any atom is -0.388 e. The van der Waals surface area contributed by atoms with Crippen molar-refractivity contribution in [3.8, 4) is 0 Å². The van der Waals surface area contributed by atoms with Gasteiger partial charge < -0.3 is 15.2 Å². The van der Waals surface area contributed by atoms with Gasteiger partial charge in [-0.2, -0.15) is 0 Å². The standard InChI is InChI=1S/C14H21N3O2S/c1-10-8-17-12(11(2)16-13(17)20-10)7-15-9-14(18)3-5-19-6-4-14/h8,15,18H,3-7,9H2,1-2H3. The number of aryl methyl sites for hydroxylation is 2. The second kappa shape index (κ2) is 5.44. The molecule has 110 valence electrons. The van der Waals surface area contributed by atoms with E-state index in [-0.39, 0.29) is 0 Å². The van der Waals surface area contributed by atoms with Gasteiger partial charge in [0.25, 0.3) is 0 Å². The second-order valence-electron chi connectivity index (χ2n) is 5.58. The van der Waals surface area contributed by atoms with Gasteiger partial charge in [0, 0.05) is 50.2 Å². The minimum atomic E-state index is -0.624. The molecular formula is C14H21N3O2S. The zero-order valence-electron chi connectivity index (χ0n) is 12.0. The Balaban J connectivity index is 1.66. The van der Waals surface area contributed by atoms with Crippen LogP contribution in [0.5, 0.6) is 0 Å². The van der Waals surface area contributed by atoms with Crippen molar-refractivity contribution < 1.29 is 9.84 Å². The van der Waals surface area contributed by atoms with E-state index in [9.17, 15) is 5.11 Å². The molecule has 0 amide bonds. The SMILES string of the molecule is Cc1cn2c(CNCC3(O)CCOCC3)c(C)nc2s1. The molecule has 20 heavy (non-hydrogen) atoms. The maximum Gasteiger partial charge on any atom is 0.194 e. The molecule has 0 aliphatic carbocycles. The van der Waals surface area contributed by atoms with Crippen LogP contribution in [0.25, 0.3) is 4.96 Å². The van der Waals surface area contributed by atoms with E-state index in [2.05, 4.69) is 27.8 Å². The third-order valence-electron chi connectivity index (χ3n) is 3.91. The Morgan fingerprint density at radius 3 is 2.95 bits per heavy atom. The molecular weight excluding hydrogens is 274 g/mol. The molecule has 2 N–H and O–H groups in total. The molecule has 0 unspecified atom stereocenters. The molecule has 0 bridgehead atoms. The summed E-state index contributed by atoms with van der Waals surface area (Å²) in [4.78, 5) is 6.88. The highest BCUT2D eigenvalue weighted by molar-refractivity contribution is 7.17. The van der Waals surface area contributed by atoms with E-state index in [0.717, 1.165) is 17.2 Å². The molecule has 5 nitrogen and oxygen atoms in total. The van der Waals surface area contributed by atoms with E-state index in [1.54, 1.807) is 11.3 Å². The first kappa shape index (κ1) is 14.0.